The maximum absolute atomic E-state index is 13.1. The van der Waals surface area contributed by atoms with Crippen LogP contribution in [0.4, 0.5) is 18.9 Å². The second-order valence-corrected chi connectivity index (χ2v) is 7.96. The van der Waals surface area contributed by atoms with Crippen molar-refractivity contribution in [1.29, 1.82) is 0 Å². The first-order valence-corrected chi connectivity index (χ1v) is 9.73. The third kappa shape index (κ3) is 4.98. The molecule has 0 aliphatic carbocycles. The zero-order chi connectivity index (χ0) is 21.2. The number of carbonyl (C=O) groups is 2. The topological polar surface area (TPSA) is 49.4 Å². The molecule has 2 amide bonds. The first-order chi connectivity index (χ1) is 13.7. The van der Waals surface area contributed by atoms with Gasteiger partial charge in [-0.15, -0.1) is 0 Å². The van der Waals surface area contributed by atoms with Gasteiger partial charge in [-0.25, -0.2) is 0 Å². The summed E-state index contributed by atoms with van der Waals surface area (Å²) in [5.74, 6) is -1.31. The fourth-order valence-electron chi connectivity index (χ4n) is 2.54. The molecule has 1 aliphatic heterocycles. The van der Waals surface area contributed by atoms with E-state index in [0.717, 1.165) is 28.8 Å². The summed E-state index contributed by atoms with van der Waals surface area (Å²) in [6.07, 6.45) is -3.07. The summed E-state index contributed by atoms with van der Waals surface area (Å²) < 4.78 is 39.3. The van der Waals surface area contributed by atoms with Crippen molar-refractivity contribution in [1.82, 2.24) is 4.90 Å². The zero-order valence-corrected chi connectivity index (χ0v) is 16.9. The van der Waals surface area contributed by atoms with Gasteiger partial charge < -0.3 is 5.32 Å². The Morgan fingerprint density at radius 3 is 2.52 bits per heavy atom. The highest BCUT2D eigenvalue weighted by Crippen LogP contribution is 2.35. The average molecular weight is 457 g/mol. The number of alkyl halides is 3. The molecule has 0 aromatic heterocycles. The Kier molecular flexibility index (Phi) is 6.30. The molecule has 1 saturated heterocycles. The number of nitrogens with zero attached hydrogens (tertiary/aromatic N) is 1. The molecule has 29 heavy (non-hydrogen) atoms. The Hall–Kier alpha value is -2.36. The van der Waals surface area contributed by atoms with Crippen molar-refractivity contribution in [2.45, 2.75) is 6.18 Å². The second kappa shape index (κ2) is 8.56. The predicted molar refractivity (Wildman–Crippen MR) is 111 cm³/mol. The molecule has 0 atom stereocenters. The summed E-state index contributed by atoms with van der Waals surface area (Å²) in [6, 6.07) is 11.5. The molecule has 1 fully saturated rings. The number of hydrogen-bond donors (Lipinski definition) is 1. The minimum atomic E-state index is -4.62. The molecule has 2 aromatic carbocycles. The third-order valence-corrected chi connectivity index (χ3v) is 5.60. The Labute approximate surface area is 178 Å². The number of halogens is 4. The van der Waals surface area contributed by atoms with Gasteiger partial charge in [0, 0.05) is 5.02 Å². The standard InChI is InChI=1S/C19H12ClF3N2O2S2/c20-13-7-3-1-5-11(13)9-15-17(27)25(18(28)29-15)10-16(26)24-14-8-4-2-6-12(14)19(21,22)23/h1-9H,10H2,(H,24,26). The van der Waals surface area contributed by atoms with Crippen LogP contribution < -0.4 is 5.32 Å². The predicted octanol–water partition coefficient (Wildman–Crippen LogP) is 5.20. The Balaban J connectivity index is 1.74. The van der Waals surface area contributed by atoms with Gasteiger partial charge in [-0.3, -0.25) is 14.5 Å². The van der Waals surface area contributed by atoms with E-state index in [1.54, 1.807) is 30.3 Å². The highest BCUT2D eigenvalue weighted by Gasteiger charge is 2.35. The Morgan fingerprint density at radius 1 is 1.17 bits per heavy atom. The van der Waals surface area contributed by atoms with Gasteiger partial charge in [0.05, 0.1) is 16.2 Å². The zero-order valence-electron chi connectivity index (χ0n) is 14.5. The van der Waals surface area contributed by atoms with Gasteiger partial charge in [0.1, 0.15) is 10.9 Å². The van der Waals surface area contributed by atoms with Gasteiger partial charge in [0.25, 0.3) is 5.91 Å². The fourth-order valence-corrected chi connectivity index (χ4v) is 3.98. The number of benzene rings is 2. The Bertz CT molecular complexity index is 1020. The van der Waals surface area contributed by atoms with Gasteiger partial charge >= 0.3 is 6.18 Å². The highest BCUT2D eigenvalue weighted by atomic mass is 35.5. The van der Waals surface area contributed by atoms with E-state index in [2.05, 4.69) is 5.32 Å². The normalized spacial score (nSPS) is 15.9. The number of thioether (sulfide) groups is 1. The second-order valence-electron chi connectivity index (χ2n) is 5.88. The molecule has 3 rings (SSSR count). The molecular weight excluding hydrogens is 445 g/mol. The number of anilines is 1. The van der Waals surface area contributed by atoms with Crippen LogP contribution in [0.15, 0.2) is 53.4 Å². The number of para-hydroxylation sites is 1. The lowest BCUT2D eigenvalue weighted by Gasteiger charge is -2.16. The maximum Gasteiger partial charge on any atom is 0.418 e. The van der Waals surface area contributed by atoms with Gasteiger partial charge in [0.2, 0.25) is 5.91 Å². The Morgan fingerprint density at radius 2 is 1.83 bits per heavy atom. The maximum atomic E-state index is 13.1. The molecule has 4 nitrogen and oxygen atoms in total. The lowest BCUT2D eigenvalue weighted by Crippen LogP contribution is -2.36. The van der Waals surface area contributed by atoms with E-state index >= 15 is 0 Å². The molecule has 1 N–H and O–H groups in total. The number of rotatable bonds is 4. The van der Waals surface area contributed by atoms with Crippen LogP contribution in [0.2, 0.25) is 5.02 Å². The summed E-state index contributed by atoms with van der Waals surface area (Å²) in [5, 5.41) is 2.64. The number of carbonyl (C=O) groups excluding carboxylic acids is 2. The molecule has 0 saturated carbocycles. The van der Waals surface area contributed by atoms with Crippen LogP contribution in [0.1, 0.15) is 11.1 Å². The summed E-state index contributed by atoms with van der Waals surface area (Å²) in [7, 11) is 0. The highest BCUT2D eigenvalue weighted by molar-refractivity contribution is 8.26. The summed E-state index contributed by atoms with van der Waals surface area (Å²) >= 11 is 12.2. The molecule has 0 radical (unpaired) electrons. The van der Waals surface area contributed by atoms with Crippen molar-refractivity contribution in [3.8, 4) is 0 Å². The first kappa shape index (κ1) is 21.4. The number of thiocarbonyl (C=S) groups is 1. The number of amides is 2. The molecule has 10 heteroatoms. The van der Waals surface area contributed by atoms with Gasteiger partial charge in [-0.1, -0.05) is 65.9 Å². The molecule has 0 spiro atoms. The van der Waals surface area contributed by atoms with Crippen LogP contribution in [-0.2, 0) is 15.8 Å². The van der Waals surface area contributed by atoms with Crippen LogP contribution in [0.3, 0.4) is 0 Å². The molecule has 1 aliphatic rings. The van der Waals surface area contributed by atoms with Crippen molar-refractivity contribution in [2.24, 2.45) is 0 Å². The van der Waals surface area contributed by atoms with Crippen molar-refractivity contribution < 1.29 is 22.8 Å². The smallest absolute Gasteiger partial charge is 0.324 e. The molecular formula is C19H12ClF3N2O2S2. The van der Waals surface area contributed by atoms with Crippen LogP contribution >= 0.6 is 35.6 Å². The lowest BCUT2D eigenvalue weighted by atomic mass is 10.1. The number of nitrogens with one attached hydrogen (secondary N) is 1. The molecule has 1 heterocycles. The van der Waals surface area contributed by atoms with Crippen LogP contribution in [0, 0.1) is 0 Å². The monoisotopic (exact) mass is 456 g/mol. The van der Waals surface area contributed by atoms with Gasteiger partial charge in [-0.05, 0) is 29.8 Å². The van der Waals surface area contributed by atoms with Gasteiger partial charge in [0.15, 0.2) is 0 Å². The fraction of sp³-hybridized carbons (Fsp3) is 0.105. The van der Waals surface area contributed by atoms with Gasteiger partial charge in [-0.2, -0.15) is 13.2 Å². The van der Waals surface area contributed by atoms with E-state index < -0.39 is 30.1 Å². The largest absolute Gasteiger partial charge is 0.418 e. The summed E-state index contributed by atoms with van der Waals surface area (Å²) in [5.41, 5.74) is -0.752. The van der Waals surface area contributed by atoms with E-state index in [0.29, 0.717) is 10.6 Å². The average Bonchev–Trinajstić information content (AvgIpc) is 2.90. The van der Waals surface area contributed by atoms with Crippen molar-refractivity contribution in [2.75, 3.05) is 11.9 Å². The minimum absolute atomic E-state index is 0.132. The van der Waals surface area contributed by atoms with E-state index in [9.17, 15) is 22.8 Å². The molecule has 0 bridgehead atoms. The summed E-state index contributed by atoms with van der Waals surface area (Å²) in [6.45, 7) is -0.503. The first-order valence-electron chi connectivity index (χ1n) is 8.13. The van der Waals surface area contributed by atoms with Crippen molar-refractivity contribution in [3.05, 3.63) is 69.6 Å². The molecule has 2 aromatic rings. The molecule has 150 valence electrons. The van der Waals surface area contributed by atoms with Crippen LogP contribution in [0.25, 0.3) is 6.08 Å². The summed E-state index contributed by atoms with van der Waals surface area (Å²) in [4.78, 5) is 26.2. The lowest BCUT2D eigenvalue weighted by molar-refractivity contribution is -0.137. The van der Waals surface area contributed by atoms with E-state index in [1.807, 2.05) is 0 Å². The van der Waals surface area contributed by atoms with E-state index in [4.69, 9.17) is 23.8 Å². The third-order valence-electron chi connectivity index (χ3n) is 3.87. The van der Waals surface area contributed by atoms with E-state index in [-0.39, 0.29) is 14.9 Å². The minimum Gasteiger partial charge on any atom is -0.324 e. The molecule has 0 unspecified atom stereocenters. The van der Waals surface area contributed by atoms with E-state index in [1.165, 1.54) is 12.1 Å². The number of hydrogen-bond acceptors (Lipinski definition) is 4. The van der Waals surface area contributed by atoms with Crippen molar-refractivity contribution in [3.63, 3.8) is 0 Å². The van der Waals surface area contributed by atoms with Crippen LogP contribution in [0.5, 0.6) is 0 Å². The van der Waals surface area contributed by atoms with Crippen molar-refractivity contribution >= 4 is 63.5 Å². The quantitative estimate of drug-likeness (QED) is 0.507. The van der Waals surface area contributed by atoms with Crippen LogP contribution in [-0.4, -0.2) is 27.6 Å². The SMILES string of the molecule is O=C(CN1C(=O)C(=Cc2ccccc2Cl)SC1=S)Nc1ccccc1C(F)(F)F.